The van der Waals surface area contributed by atoms with Gasteiger partial charge in [0.1, 0.15) is 5.75 Å². The lowest BCUT2D eigenvalue weighted by molar-refractivity contribution is -0.0505. The second-order valence-electron chi connectivity index (χ2n) is 4.77. The largest absolute Gasteiger partial charge is 0.434 e. The Morgan fingerprint density at radius 3 is 2.35 bits per heavy atom. The zero-order valence-corrected chi connectivity index (χ0v) is 10.8. The summed E-state index contributed by atoms with van der Waals surface area (Å²) < 4.78 is 29.0. The van der Waals surface area contributed by atoms with Crippen LogP contribution in [0.5, 0.6) is 5.75 Å². The van der Waals surface area contributed by atoms with Crippen molar-refractivity contribution in [1.82, 2.24) is 0 Å². The molecule has 0 aliphatic rings. The third-order valence-corrected chi connectivity index (χ3v) is 2.71. The van der Waals surface area contributed by atoms with E-state index in [0.717, 1.165) is 5.56 Å². The van der Waals surface area contributed by atoms with Crippen LogP contribution in [0.4, 0.5) is 8.78 Å². The van der Waals surface area contributed by atoms with Gasteiger partial charge in [0.2, 0.25) is 0 Å². The van der Waals surface area contributed by atoms with Crippen molar-refractivity contribution in [2.45, 2.75) is 39.3 Å². The number of rotatable bonds is 3. The lowest BCUT2D eigenvalue weighted by Crippen LogP contribution is -2.14. The molecule has 17 heavy (non-hydrogen) atoms. The maximum atomic E-state index is 12.3. The summed E-state index contributed by atoms with van der Waals surface area (Å²) >= 11 is 6.10. The second kappa shape index (κ2) is 5.19. The van der Waals surface area contributed by atoms with Gasteiger partial charge in [0.25, 0.3) is 0 Å². The van der Waals surface area contributed by atoms with Gasteiger partial charge in [0, 0.05) is 17.1 Å². The van der Waals surface area contributed by atoms with Gasteiger partial charge in [-0.1, -0.05) is 32.4 Å². The van der Waals surface area contributed by atoms with Crippen LogP contribution in [-0.2, 0) is 12.0 Å². The first kappa shape index (κ1) is 14.2. The Balaban J connectivity index is 3.27. The predicted molar refractivity (Wildman–Crippen MR) is 64.7 cm³/mol. The van der Waals surface area contributed by atoms with Crippen molar-refractivity contribution >= 4 is 11.6 Å². The summed E-state index contributed by atoms with van der Waals surface area (Å²) in [4.78, 5) is 0. The second-order valence-corrected chi connectivity index (χ2v) is 5.18. The molecule has 0 bridgehead atoms. The summed E-state index contributed by atoms with van der Waals surface area (Å²) in [5, 5.41) is 0.513. The molecule has 2 nitrogen and oxygen atoms in total. The molecule has 0 fully saturated rings. The van der Waals surface area contributed by atoms with Crippen molar-refractivity contribution < 1.29 is 13.5 Å². The smallest absolute Gasteiger partial charge is 0.387 e. The van der Waals surface area contributed by atoms with E-state index in [4.69, 9.17) is 17.3 Å². The van der Waals surface area contributed by atoms with Crippen molar-refractivity contribution in [2.24, 2.45) is 5.73 Å². The summed E-state index contributed by atoms with van der Waals surface area (Å²) in [6.07, 6.45) is 0. The summed E-state index contributed by atoms with van der Waals surface area (Å²) in [5.74, 6) is 0.0943. The highest BCUT2D eigenvalue weighted by molar-refractivity contribution is 6.31. The van der Waals surface area contributed by atoms with Gasteiger partial charge >= 0.3 is 6.61 Å². The molecule has 0 aliphatic carbocycles. The van der Waals surface area contributed by atoms with E-state index in [2.05, 4.69) is 4.74 Å². The lowest BCUT2D eigenvalue weighted by atomic mass is 9.86. The number of alkyl halides is 2. The normalized spacial score (nSPS) is 12.0. The van der Waals surface area contributed by atoms with E-state index in [1.807, 2.05) is 20.8 Å². The van der Waals surface area contributed by atoms with E-state index in [9.17, 15) is 8.78 Å². The third kappa shape index (κ3) is 3.54. The standard InChI is InChI=1S/C12H16ClF2NO/c1-12(2,3)8-5-10(17-11(14)15)7(6-16)4-9(8)13/h4-5,11H,6,16H2,1-3H3. The van der Waals surface area contributed by atoms with Gasteiger partial charge in [0.05, 0.1) is 0 Å². The average molecular weight is 264 g/mol. The fourth-order valence-electron chi connectivity index (χ4n) is 1.53. The number of hydrogen-bond donors (Lipinski definition) is 1. The van der Waals surface area contributed by atoms with Gasteiger partial charge < -0.3 is 10.5 Å². The molecule has 1 rings (SSSR count). The first-order valence-corrected chi connectivity index (χ1v) is 5.61. The van der Waals surface area contributed by atoms with E-state index >= 15 is 0 Å². The molecular formula is C12H16ClF2NO. The summed E-state index contributed by atoms with van der Waals surface area (Å²) in [6.45, 7) is 3.08. The first-order valence-electron chi connectivity index (χ1n) is 5.23. The highest BCUT2D eigenvalue weighted by Crippen LogP contribution is 2.35. The molecule has 0 unspecified atom stereocenters. The molecule has 0 aliphatic heterocycles. The summed E-state index contributed by atoms with van der Waals surface area (Å²) in [7, 11) is 0. The monoisotopic (exact) mass is 263 g/mol. The highest BCUT2D eigenvalue weighted by atomic mass is 35.5. The Morgan fingerprint density at radius 1 is 1.35 bits per heavy atom. The van der Waals surface area contributed by atoms with Gasteiger partial charge in [-0.05, 0) is 23.1 Å². The molecule has 0 aromatic heterocycles. The molecule has 96 valence electrons. The lowest BCUT2D eigenvalue weighted by Gasteiger charge is -2.22. The number of nitrogens with two attached hydrogens (primary N) is 1. The Labute approximate surface area is 105 Å². The molecule has 0 atom stereocenters. The Kier molecular flexibility index (Phi) is 4.33. The summed E-state index contributed by atoms with van der Waals surface area (Å²) in [5.41, 5.74) is 6.46. The molecule has 0 saturated heterocycles. The molecule has 0 amide bonds. The van der Waals surface area contributed by atoms with Gasteiger partial charge in [-0.15, -0.1) is 0 Å². The van der Waals surface area contributed by atoms with E-state index in [-0.39, 0.29) is 17.7 Å². The van der Waals surface area contributed by atoms with Crippen molar-refractivity contribution in [1.29, 1.82) is 0 Å². The van der Waals surface area contributed by atoms with Crippen LogP contribution in [0, 0.1) is 0 Å². The van der Waals surface area contributed by atoms with Gasteiger partial charge in [-0.2, -0.15) is 8.78 Å². The van der Waals surface area contributed by atoms with Crippen LogP contribution >= 0.6 is 11.6 Å². The van der Waals surface area contributed by atoms with Crippen LogP contribution in [0.25, 0.3) is 0 Å². The quantitative estimate of drug-likeness (QED) is 0.903. The van der Waals surface area contributed by atoms with Crippen LogP contribution < -0.4 is 10.5 Å². The Morgan fingerprint density at radius 2 is 1.94 bits per heavy atom. The van der Waals surface area contributed by atoms with E-state index in [0.29, 0.717) is 10.6 Å². The number of benzene rings is 1. The fourth-order valence-corrected chi connectivity index (χ4v) is 2.00. The Bertz CT molecular complexity index is 402. The molecule has 1 aromatic rings. The van der Waals surface area contributed by atoms with Crippen molar-refractivity contribution in [2.75, 3.05) is 0 Å². The molecule has 0 saturated carbocycles. The summed E-state index contributed by atoms with van der Waals surface area (Å²) in [6, 6.07) is 3.12. The van der Waals surface area contributed by atoms with Crippen LogP contribution in [0.15, 0.2) is 12.1 Å². The van der Waals surface area contributed by atoms with E-state index < -0.39 is 6.61 Å². The number of ether oxygens (including phenoxy) is 1. The van der Waals surface area contributed by atoms with Gasteiger partial charge in [-0.25, -0.2) is 0 Å². The Hall–Kier alpha value is -0.870. The topological polar surface area (TPSA) is 35.2 Å². The minimum Gasteiger partial charge on any atom is -0.434 e. The van der Waals surface area contributed by atoms with Crippen LogP contribution in [0.3, 0.4) is 0 Å². The molecule has 0 radical (unpaired) electrons. The first-order chi connectivity index (χ1) is 7.75. The minimum atomic E-state index is -2.87. The van der Waals surface area contributed by atoms with Crippen molar-refractivity contribution in [3.05, 3.63) is 28.3 Å². The van der Waals surface area contributed by atoms with Crippen LogP contribution in [-0.4, -0.2) is 6.61 Å². The maximum absolute atomic E-state index is 12.3. The molecular weight excluding hydrogens is 248 g/mol. The van der Waals surface area contributed by atoms with Crippen molar-refractivity contribution in [3.63, 3.8) is 0 Å². The van der Waals surface area contributed by atoms with Crippen molar-refractivity contribution in [3.8, 4) is 5.75 Å². The van der Waals surface area contributed by atoms with Gasteiger partial charge in [-0.3, -0.25) is 0 Å². The predicted octanol–water partition coefficient (Wildman–Crippen LogP) is 3.70. The van der Waals surface area contributed by atoms with E-state index in [1.165, 1.54) is 6.07 Å². The average Bonchev–Trinajstić information content (AvgIpc) is 2.17. The number of halogens is 3. The minimum absolute atomic E-state index is 0.0943. The molecule has 0 spiro atoms. The SMILES string of the molecule is CC(C)(C)c1cc(OC(F)F)c(CN)cc1Cl. The molecule has 1 aromatic carbocycles. The number of hydrogen-bond acceptors (Lipinski definition) is 2. The highest BCUT2D eigenvalue weighted by Gasteiger charge is 2.21. The molecule has 2 N–H and O–H groups in total. The zero-order valence-electron chi connectivity index (χ0n) is 10.1. The van der Waals surface area contributed by atoms with E-state index in [1.54, 1.807) is 6.07 Å². The van der Waals surface area contributed by atoms with Crippen LogP contribution in [0.2, 0.25) is 5.02 Å². The molecule has 5 heteroatoms. The molecule has 0 heterocycles. The third-order valence-electron chi connectivity index (χ3n) is 2.39. The van der Waals surface area contributed by atoms with Crippen LogP contribution in [0.1, 0.15) is 31.9 Å². The maximum Gasteiger partial charge on any atom is 0.387 e. The fraction of sp³-hybridized carbons (Fsp3) is 0.500. The zero-order chi connectivity index (χ0) is 13.2. The van der Waals surface area contributed by atoms with Gasteiger partial charge in [0.15, 0.2) is 0 Å².